The fourth-order valence-electron chi connectivity index (χ4n) is 3.18. The van der Waals surface area contributed by atoms with Crippen LogP contribution in [0, 0.1) is 0 Å². The molecule has 2 unspecified atom stereocenters. The van der Waals surface area contributed by atoms with E-state index in [0.717, 1.165) is 43.4 Å². The number of amides is 1. The number of carbonyl (C=O) groups is 1. The summed E-state index contributed by atoms with van der Waals surface area (Å²) < 4.78 is 5.36. The summed E-state index contributed by atoms with van der Waals surface area (Å²) in [6.45, 7) is 0. The van der Waals surface area contributed by atoms with Crippen LogP contribution >= 0.6 is 0 Å². The molecule has 3 rings (SSSR count). The predicted octanol–water partition coefficient (Wildman–Crippen LogP) is 1.98. The van der Waals surface area contributed by atoms with Gasteiger partial charge in [-0.3, -0.25) is 4.79 Å². The summed E-state index contributed by atoms with van der Waals surface area (Å²) in [6, 6.07) is 7.97. The molecule has 1 aromatic rings. The smallest absolute Gasteiger partial charge is 0.230 e. The summed E-state index contributed by atoms with van der Waals surface area (Å²) in [4.78, 5) is 12.6. The van der Waals surface area contributed by atoms with Gasteiger partial charge in [0, 0.05) is 18.8 Å². The summed E-state index contributed by atoms with van der Waals surface area (Å²) in [6.07, 6.45) is 5.15. The van der Waals surface area contributed by atoms with Crippen molar-refractivity contribution in [3.05, 3.63) is 29.8 Å². The molecule has 2 saturated carbocycles. The standard InChI is InChI=1S/C16H22N2O2/c1-20-14-7-6-13(10-14)18-15(19)16(8-9-16)11-2-4-12(17)5-3-11/h2-5,13-14H,6-10,17H2,1H3,(H,18,19). The van der Waals surface area contributed by atoms with Gasteiger partial charge in [0.25, 0.3) is 0 Å². The number of nitrogens with one attached hydrogen (secondary N) is 1. The van der Waals surface area contributed by atoms with Gasteiger partial charge in [-0.25, -0.2) is 0 Å². The number of carbonyl (C=O) groups excluding carboxylic acids is 1. The van der Waals surface area contributed by atoms with E-state index in [0.29, 0.717) is 6.10 Å². The van der Waals surface area contributed by atoms with Crippen molar-refractivity contribution in [2.75, 3.05) is 12.8 Å². The van der Waals surface area contributed by atoms with Crippen LogP contribution in [-0.2, 0) is 14.9 Å². The summed E-state index contributed by atoms with van der Waals surface area (Å²) in [7, 11) is 1.74. The van der Waals surface area contributed by atoms with E-state index in [4.69, 9.17) is 10.5 Å². The van der Waals surface area contributed by atoms with E-state index in [1.54, 1.807) is 7.11 Å². The van der Waals surface area contributed by atoms with Gasteiger partial charge < -0.3 is 15.8 Å². The van der Waals surface area contributed by atoms with Gasteiger partial charge >= 0.3 is 0 Å². The third-order valence-corrected chi connectivity index (χ3v) is 4.70. The Morgan fingerprint density at radius 3 is 2.55 bits per heavy atom. The molecular weight excluding hydrogens is 252 g/mol. The molecule has 4 heteroatoms. The van der Waals surface area contributed by atoms with Crippen LogP contribution in [0.4, 0.5) is 5.69 Å². The molecule has 0 spiro atoms. The molecule has 3 N–H and O–H groups in total. The van der Waals surface area contributed by atoms with Gasteiger partial charge in [-0.15, -0.1) is 0 Å². The van der Waals surface area contributed by atoms with Crippen LogP contribution in [0.25, 0.3) is 0 Å². The number of rotatable bonds is 4. The van der Waals surface area contributed by atoms with Crippen molar-refractivity contribution in [1.82, 2.24) is 5.32 Å². The molecule has 0 aliphatic heterocycles. The third kappa shape index (κ3) is 2.40. The highest BCUT2D eigenvalue weighted by Gasteiger charge is 2.51. The lowest BCUT2D eigenvalue weighted by molar-refractivity contribution is -0.124. The molecule has 108 valence electrons. The largest absolute Gasteiger partial charge is 0.399 e. The van der Waals surface area contributed by atoms with Crippen LogP contribution < -0.4 is 11.1 Å². The van der Waals surface area contributed by atoms with Gasteiger partial charge in [-0.2, -0.15) is 0 Å². The van der Waals surface area contributed by atoms with Crippen LogP contribution in [0.1, 0.15) is 37.7 Å². The Labute approximate surface area is 119 Å². The average molecular weight is 274 g/mol. The van der Waals surface area contributed by atoms with Crippen LogP contribution in [-0.4, -0.2) is 25.2 Å². The molecule has 2 aliphatic rings. The molecule has 4 nitrogen and oxygen atoms in total. The number of nitrogen functional groups attached to an aromatic ring is 1. The second-order valence-electron chi connectivity index (χ2n) is 6.05. The molecule has 2 atom stereocenters. The first-order valence-electron chi connectivity index (χ1n) is 7.34. The Balaban J connectivity index is 1.66. The summed E-state index contributed by atoms with van der Waals surface area (Å²) in [5.41, 5.74) is 7.24. The van der Waals surface area contributed by atoms with Crippen molar-refractivity contribution >= 4 is 11.6 Å². The van der Waals surface area contributed by atoms with Gasteiger partial charge in [-0.05, 0) is 49.8 Å². The molecule has 1 amide bonds. The van der Waals surface area contributed by atoms with Gasteiger partial charge in [0.15, 0.2) is 0 Å². The lowest BCUT2D eigenvalue weighted by Crippen LogP contribution is -2.40. The van der Waals surface area contributed by atoms with Crippen LogP contribution in [0.3, 0.4) is 0 Å². The number of benzene rings is 1. The normalized spacial score (nSPS) is 27.2. The minimum atomic E-state index is -0.307. The monoisotopic (exact) mass is 274 g/mol. The van der Waals surface area contributed by atoms with Crippen molar-refractivity contribution < 1.29 is 9.53 Å². The average Bonchev–Trinajstić information content (AvgIpc) is 3.14. The van der Waals surface area contributed by atoms with Crippen molar-refractivity contribution in [3.63, 3.8) is 0 Å². The van der Waals surface area contributed by atoms with Crippen molar-refractivity contribution in [2.45, 2.75) is 49.7 Å². The van der Waals surface area contributed by atoms with E-state index in [1.165, 1.54) is 0 Å². The number of hydrogen-bond donors (Lipinski definition) is 2. The third-order valence-electron chi connectivity index (χ3n) is 4.70. The van der Waals surface area contributed by atoms with E-state index in [2.05, 4.69) is 5.32 Å². The van der Waals surface area contributed by atoms with Crippen LogP contribution in [0.5, 0.6) is 0 Å². The highest BCUT2D eigenvalue weighted by Crippen LogP contribution is 2.48. The summed E-state index contributed by atoms with van der Waals surface area (Å²) >= 11 is 0. The Morgan fingerprint density at radius 2 is 2.00 bits per heavy atom. The van der Waals surface area contributed by atoms with Gasteiger partial charge in [0.2, 0.25) is 5.91 Å². The lowest BCUT2D eigenvalue weighted by atomic mass is 9.94. The van der Waals surface area contributed by atoms with Crippen LogP contribution in [0.2, 0.25) is 0 Å². The van der Waals surface area contributed by atoms with Crippen molar-refractivity contribution in [1.29, 1.82) is 0 Å². The second kappa shape index (κ2) is 5.09. The van der Waals surface area contributed by atoms with E-state index in [9.17, 15) is 4.79 Å². The minimum absolute atomic E-state index is 0.170. The molecule has 0 radical (unpaired) electrons. The first-order chi connectivity index (χ1) is 9.64. The van der Waals surface area contributed by atoms with Gasteiger partial charge in [0.1, 0.15) is 0 Å². The first kappa shape index (κ1) is 13.4. The Morgan fingerprint density at radius 1 is 1.30 bits per heavy atom. The topological polar surface area (TPSA) is 64.3 Å². The molecular formula is C16H22N2O2. The maximum absolute atomic E-state index is 12.6. The van der Waals surface area contributed by atoms with E-state index >= 15 is 0 Å². The second-order valence-corrected chi connectivity index (χ2v) is 6.05. The van der Waals surface area contributed by atoms with Gasteiger partial charge in [0.05, 0.1) is 11.5 Å². The molecule has 1 aromatic carbocycles. The first-order valence-corrected chi connectivity index (χ1v) is 7.34. The molecule has 0 aromatic heterocycles. The molecule has 2 aliphatic carbocycles. The Kier molecular flexibility index (Phi) is 3.42. The molecule has 0 bridgehead atoms. The fraction of sp³-hybridized carbons (Fsp3) is 0.562. The summed E-state index contributed by atoms with van der Waals surface area (Å²) in [5.74, 6) is 0.170. The Hall–Kier alpha value is -1.55. The van der Waals surface area contributed by atoms with Crippen molar-refractivity contribution in [2.24, 2.45) is 0 Å². The number of hydrogen-bond acceptors (Lipinski definition) is 3. The number of nitrogens with two attached hydrogens (primary N) is 1. The van der Waals surface area contributed by atoms with Gasteiger partial charge in [-0.1, -0.05) is 12.1 Å². The molecule has 20 heavy (non-hydrogen) atoms. The number of anilines is 1. The zero-order valence-corrected chi connectivity index (χ0v) is 11.9. The van der Waals surface area contributed by atoms with E-state index in [-0.39, 0.29) is 17.4 Å². The zero-order valence-electron chi connectivity index (χ0n) is 11.9. The minimum Gasteiger partial charge on any atom is -0.399 e. The zero-order chi connectivity index (χ0) is 14.2. The fourth-order valence-corrected chi connectivity index (χ4v) is 3.18. The predicted molar refractivity (Wildman–Crippen MR) is 78.3 cm³/mol. The summed E-state index contributed by atoms with van der Waals surface area (Å²) in [5, 5.41) is 3.21. The SMILES string of the molecule is COC1CCC(NC(=O)C2(c3ccc(N)cc3)CC2)C1. The molecule has 2 fully saturated rings. The maximum atomic E-state index is 12.6. The number of ether oxygens (including phenoxy) is 1. The van der Waals surface area contributed by atoms with E-state index in [1.807, 2.05) is 24.3 Å². The van der Waals surface area contributed by atoms with Crippen molar-refractivity contribution in [3.8, 4) is 0 Å². The lowest BCUT2D eigenvalue weighted by Gasteiger charge is -2.20. The Bertz CT molecular complexity index is 494. The highest BCUT2D eigenvalue weighted by molar-refractivity contribution is 5.91. The quantitative estimate of drug-likeness (QED) is 0.825. The maximum Gasteiger partial charge on any atom is 0.230 e. The molecule has 0 saturated heterocycles. The van der Waals surface area contributed by atoms with E-state index < -0.39 is 0 Å². The van der Waals surface area contributed by atoms with Crippen LogP contribution in [0.15, 0.2) is 24.3 Å². The highest BCUT2D eigenvalue weighted by atomic mass is 16.5. The number of methoxy groups -OCH3 is 1. The molecule has 0 heterocycles.